The summed E-state index contributed by atoms with van der Waals surface area (Å²) in [7, 11) is 0. The number of nitrogens with zero attached hydrogens (tertiary/aromatic N) is 1. The van der Waals surface area contributed by atoms with Crippen LogP contribution in [0.3, 0.4) is 0 Å². The molecule has 2 aromatic rings. The highest BCUT2D eigenvalue weighted by Crippen LogP contribution is 2.11. The molecule has 2 aromatic heterocycles. The van der Waals surface area contributed by atoms with Gasteiger partial charge in [0.05, 0.1) is 0 Å². The molecule has 3 nitrogen and oxygen atoms in total. The molecule has 4 heteroatoms. The van der Waals surface area contributed by atoms with Crippen LogP contribution in [0.1, 0.15) is 11.3 Å². The first kappa shape index (κ1) is 10.8. The Morgan fingerprint density at radius 3 is 2.81 bits per heavy atom. The molecule has 2 heterocycles. The van der Waals surface area contributed by atoms with E-state index in [-0.39, 0.29) is 5.91 Å². The third kappa shape index (κ3) is 3.17. The van der Waals surface area contributed by atoms with E-state index in [1.165, 1.54) is 4.88 Å². The Hall–Kier alpha value is -1.68. The van der Waals surface area contributed by atoms with Gasteiger partial charge in [-0.3, -0.25) is 9.78 Å². The fourth-order valence-corrected chi connectivity index (χ4v) is 2.06. The number of thiophene rings is 1. The van der Waals surface area contributed by atoms with E-state index in [4.69, 9.17) is 0 Å². The van der Waals surface area contributed by atoms with Crippen LogP contribution in [0.2, 0.25) is 0 Å². The molecule has 0 spiro atoms. The summed E-state index contributed by atoms with van der Waals surface area (Å²) in [6.07, 6.45) is 4.64. The molecular weight excluding hydrogens is 220 g/mol. The molecule has 0 radical (unpaired) electrons. The lowest BCUT2D eigenvalue weighted by atomic mass is 10.2. The molecule has 0 fully saturated rings. The number of carbonyl (C=O) groups excluding carboxylic acids is 1. The van der Waals surface area contributed by atoms with Gasteiger partial charge in [-0.05, 0) is 30.0 Å². The summed E-state index contributed by atoms with van der Waals surface area (Å²) < 4.78 is 0. The topological polar surface area (TPSA) is 42.0 Å². The van der Waals surface area contributed by atoms with Gasteiger partial charge in [0.1, 0.15) is 0 Å². The van der Waals surface area contributed by atoms with E-state index >= 15 is 0 Å². The minimum absolute atomic E-state index is 0.0413. The maximum Gasteiger partial charge on any atom is 0.224 e. The van der Waals surface area contributed by atoms with Crippen LogP contribution in [-0.2, 0) is 11.2 Å². The normalized spacial score (nSPS) is 10.0. The number of rotatable bonds is 4. The van der Waals surface area contributed by atoms with Crippen LogP contribution < -0.4 is 5.32 Å². The van der Waals surface area contributed by atoms with Crippen LogP contribution >= 0.6 is 11.3 Å². The fourth-order valence-electron chi connectivity index (χ4n) is 1.35. The van der Waals surface area contributed by atoms with E-state index in [2.05, 4.69) is 10.3 Å². The number of aromatic nitrogens is 1. The first-order chi connectivity index (χ1) is 7.84. The molecule has 0 aliphatic carbocycles. The van der Waals surface area contributed by atoms with Crippen molar-refractivity contribution in [2.24, 2.45) is 0 Å². The maximum atomic E-state index is 11.6. The molecule has 1 N–H and O–H groups in total. The lowest BCUT2D eigenvalue weighted by molar-refractivity contribution is -0.116. The molecule has 0 aliphatic heterocycles. The molecule has 0 unspecified atom stereocenters. The van der Waals surface area contributed by atoms with Gasteiger partial charge in [-0.25, -0.2) is 0 Å². The van der Waals surface area contributed by atoms with Gasteiger partial charge in [-0.2, -0.15) is 0 Å². The third-order valence-corrected chi connectivity index (χ3v) is 3.08. The van der Waals surface area contributed by atoms with Crippen molar-refractivity contribution in [3.8, 4) is 0 Å². The standard InChI is InChI=1S/C12H12N2OS/c15-12(4-3-11-2-1-9-16-11)14-10-5-7-13-8-6-10/h1-2,5-9H,3-4H2,(H,13,14,15). The Bertz CT molecular complexity index is 439. The van der Waals surface area contributed by atoms with Crippen molar-refractivity contribution in [3.63, 3.8) is 0 Å². The van der Waals surface area contributed by atoms with E-state index < -0.39 is 0 Å². The minimum Gasteiger partial charge on any atom is -0.326 e. The molecule has 0 bridgehead atoms. The van der Waals surface area contributed by atoms with Gasteiger partial charge in [-0.1, -0.05) is 6.07 Å². The second-order valence-electron chi connectivity index (χ2n) is 3.36. The van der Waals surface area contributed by atoms with Crippen molar-refractivity contribution in [2.45, 2.75) is 12.8 Å². The van der Waals surface area contributed by atoms with Gasteiger partial charge in [-0.15, -0.1) is 11.3 Å². The monoisotopic (exact) mass is 232 g/mol. The van der Waals surface area contributed by atoms with Crippen molar-refractivity contribution in [3.05, 3.63) is 46.9 Å². The lowest BCUT2D eigenvalue weighted by Gasteiger charge is -2.03. The molecule has 0 atom stereocenters. The maximum absolute atomic E-state index is 11.6. The van der Waals surface area contributed by atoms with Gasteiger partial charge in [0, 0.05) is 29.4 Å². The average molecular weight is 232 g/mol. The summed E-state index contributed by atoms with van der Waals surface area (Å²) in [6, 6.07) is 7.61. The van der Waals surface area contributed by atoms with Gasteiger partial charge in [0.25, 0.3) is 0 Å². The van der Waals surface area contributed by atoms with Crippen molar-refractivity contribution in [2.75, 3.05) is 5.32 Å². The highest BCUT2D eigenvalue weighted by molar-refractivity contribution is 7.09. The predicted octanol–water partition coefficient (Wildman–Crippen LogP) is 2.71. The summed E-state index contributed by atoms with van der Waals surface area (Å²) in [4.78, 5) is 16.7. The number of hydrogen-bond acceptors (Lipinski definition) is 3. The second-order valence-corrected chi connectivity index (χ2v) is 4.40. The van der Waals surface area contributed by atoms with Crippen molar-refractivity contribution in [1.82, 2.24) is 4.98 Å². The molecule has 2 rings (SSSR count). The highest BCUT2D eigenvalue weighted by atomic mass is 32.1. The van der Waals surface area contributed by atoms with E-state index in [1.807, 2.05) is 17.5 Å². The molecule has 16 heavy (non-hydrogen) atoms. The summed E-state index contributed by atoms with van der Waals surface area (Å²) in [5.41, 5.74) is 0.797. The molecular formula is C12H12N2OS. The van der Waals surface area contributed by atoms with Crippen LogP contribution in [0.15, 0.2) is 42.0 Å². The average Bonchev–Trinajstić information content (AvgIpc) is 2.81. The molecule has 82 valence electrons. The van der Waals surface area contributed by atoms with E-state index in [0.29, 0.717) is 6.42 Å². The van der Waals surface area contributed by atoms with Crippen molar-refractivity contribution in [1.29, 1.82) is 0 Å². The van der Waals surface area contributed by atoms with Crippen LogP contribution in [0, 0.1) is 0 Å². The number of hydrogen-bond donors (Lipinski definition) is 1. The minimum atomic E-state index is 0.0413. The number of nitrogens with one attached hydrogen (secondary N) is 1. The lowest BCUT2D eigenvalue weighted by Crippen LogP contribution is -2.11. The smallest absolute Gasteiger partial charge is 0.224 e. The third-order valence-electron chi connectivity index (χ3n) is 2.14. The van der Waals surface area contributed by atoms with Crippen LogP contribution in [0.25, 0.3) is 0 Å². The van der Waals surface area contributed by atoms with E-state index in [0.717, 1.165) is 12.1 Å². The summed E-state index contributed by atoms with van der Waals surface area (Å²) in [6.45, 7) is 0. The Labute approximate surface area is 98.2 Å². The van der Waals surface area contributed by atoms with Crippen LogP contribution in [-0.4, -0.2) is 10.9 Å². The quantitative estimate of drug-likeness (QED) is 0.880. The van der Waals surface area contributed by atoms with Gasteiger partial charge >= 0.3 is 0 Å². The Balaban J connectivity index is 1.81. The zero-order valence-corrected chi connectivity index (χ0v) is 9.54. The van der Waals surface area contributed by atoms with Crippen LogP contribution in [0.5, 0.6) is 0 Å². The summed E-state index contributed by atoms with van der Waals surface area (Å²) >= 11 is 1.68. The first-order valence-electron chi connectivity index (χ1n) is 5.07. The highest BCUT2D eigenvalue weighted by Gasteiger charge is 2.03. The number of pyridine rings is 1. The zero-order chi connectivity index (χ0) is 11.2. The van der Waals surface area contributed by atoms with E-state index in [9.17, 15) is 4.79 Å². The Kier molecular flexibility index (Phi) is 3.66. The Morgan fingerprint density at radius 1 is 1.31 bits per heavy atom. The van der Waals surface area contributed by atoms with Crippen molar-refractivity contribution < 1.29 is 4.79 Å². The SMILES string of the molecule is O=C(CCc1cccs1)Nc1ccncc1. The van der Waals surface area contributed by atoms with Gasteiger partial charge in [0.2, 0.25) is 5.91 Å². The fraction of sp³-hybridized carbons (Fsp3) is 0.167. The van der Waals surface area contributed by atoms with E-state index in [1.54, 1.807) is 35.9 Å². The molecule has 0 saturated carbocycles. The number of anilines is 1. The number of carbonyl (C=O) groups is 1. The first-order valence-corrected chi connectivity index (χ1v) is 5.95. The zero-order valence-electron chi connectivity index (χ0n) is 8.72. The Morgan fingerprint density at radius 2 is 2.12 bits per heavy atom. The predicted molar refractivity (Wildman–Crippen MR) is 65.5 cm³/mol. The van der Waals surface area contributed by atoms with Gasteiger partial charge < -0.3 is 5.32 Å². The second kappa shape index (κ2) is 5.42. The van der Waals surface area contributed by atoms with Gasteiger partial charge in [0.15, 0.2) is 0 Å². The van der Waals surface area contributed by atoms with Crippen LogP contribution in [0.4, 0.5) is 5.69 Å². The molecule has 1 amide bonds. The van der Waals surface area contributed by atoms with Crippen molar-refractivity contribution >= 4 is 22.9 Å². The largest absolute Gasteiger partial charge is 0.326 e. The molecule has 0 aromatic carbocycles. The molecule has 0 saturated heterocycles. The molecule has 0 aliphatic rings. The number of amides is 1. The summed E-state index contributed by atoms with van der Waals surface area (Å²) in [5.74, 6) is 0.0413. The summed E-state index contributed by atoms with van der Waals surface area (Å²) in [5, 5.41) is 4.85. The number of aryl methyl sites for hydroxylation is 1.